The molecule has 6 heteroatoms. The van der Waals surface area contributed by atoms with Crippen molar-refractivity contribution in [3.8, 4) is 11.1 Å². The highest BCUT2D eigenvalue weighted by molar-refractivity contribution is 7.17. The van der Waals surface area contributed by atoms with Crippen LogP contribution in [0, 0.1) is 0 Å². The fourth-order valence-corrected chi connectivity index (χ4v) is 5.33. The van der Waals surface area contributed by atoms with Gasteiger partial charge in [0.05, 0.1) is 5.39 Å². The highest BCUT2D eigenvalue weighted by atomic mass is 32.1. The van der Waals surface area contributed by atoms with E-state index in [1.165, 1.54) is 11.9 Å². The summed E-state index contributed by atoms with van der Waals surface area (Å²) in [6.45, 7) is 2.14. The molecule has 0 fully saturated rings. The van der Waals surface area contributed by atoms with Crippen LogP contribution in [-0.2, 0) is 6.42 Å². The molecule has 1 N–H and O–H groups in total. The third kappa shape index (κ3) is 3.23. The predicted molar refractivity (Wildman–Crippen MR) is 135 cm³/mol. The molecule has 6 rings (SSSR count). The van der Waals surface area contributed by atoms with E-state index < -0.39 is 0 Å². The number of fused-ring (bicyclic) bond motifs is 3. The number of nitrogens with one attached hydrogen (secondary N) is 1. The molecule has 34 heavy (non-hydrogen) atoms. The largest absolute Gasteiger partial charge is 0.340 e. The minimum Gasteiger partial charge on any atom is -0.340 e. The maximum Gasteiger partial charge on any atom is 0.194 e. The van der Waals surface area contributed by atoms with Crippen molar-refractivity contribution in [2.45, 2.75) is 13.3 Å². The Labute approximate surface area is 200 Å². The molecule has 3 aromatic carbocycles. The summed E-state index contributed by atoms with van der Waals surface area (Å²) in [5, 5.41) is 6.39. The minimum absolute atomic E-state index is 0.128. The summed E-state index contributed by atoms with van der Waals surface area (Å²) in [5.41, 5.74) is 5.86. The SMILES string of the molecule is CCc1ccc(-c2csc3ncnc(Nc4ccc5c(c4)C(=O)c4ccccc4C5=O)c23)cc1. The van der Waals surface area contributed by atoms with Crippen LogP contribution in [0.1, 0.15) is 44.3 Å². The fraction of sp³-hybridized carbons (Fsp3) is 0.0714. The van der Waals surface area contributed by atoms with Gasteiger partial charge in [-0.25, -0.2) is 9.97 Å². The first-order chi connectivity index (χ1) is 16.6. The maximum atomic E-state index is 13.1. The first-order valence-electron chi connectivity index (χ1n) is 11.0. The molecule has 5 nitrogen and oxygen atoms in total. The van der Waals surface area contributed by atoms with Crippen molar-refractivity contribution in [2.24, 2.45) is 0 Å². The van der Waals surface area contributed by atoms with Gasteiger partial charge in [-0.3, -0.25) is 9.59 Å². The first kappa shape index (κ1) is 20.4. The minimum atomic E-state index is -0.145. The van der Waals surface area contributed by atoms with E-state index in [0.717, 1.165) is 27.8 Å². The van der Waals surface area contributed by atoms with Gasteiger partial charge >= 0.3 is 0 Å². The molecule has 0 saturated heterocycles. The number of aryl methyl sites for hydroxylation is 1. The molecule has 2 aromatic heterocycles. The lowest BCUT2D eigenvalue weighted by atomic mass is 9.84. The summed E-state index contributed by atoms with van der Waals surface area (Å²) in [6.07, 6.45) is 2.53. The number of benzene rings is 3. The van der Waals surface area contributed by atoms with E-state index in [1.807, 2.05) is 6.07 Å². The Morgan fingerprint density at radius 2 is 1.50 bits per heavy atom. The standard InChI is InChI=1S/C28H19N3O2S/c1-2-16-7-9-17(10-8-16)23-14-34-28-24(23)27(29-15-30-28)31-18-11-12-21-22(13-18)26(33)20-6-4-3-5-19(20)25(21)32/h3-15H,2H2,1H3,(H,29,30,31). The van der Waals surface area contributed by atoms with Crippen molar-refractivity contribution in [3.05, 3.63) is 106 Å². The molecule has 0 amide bonds. The lowest BCUT2D eigenvalue weighted by Gasteiger charge is -2.18. The average molecular weight is 462 g/mol. The quantitative estimate of drug-likeness (QED) is 0.327. The average Bonchev–Trinajstić information content (AvgIpc) is 3.33. The molecule has 1 aliphatic carbocycles. The van der Waals surface area contributed by atoms with Gasteiger partial charge in [0, 0.05) is 38.9 Å². The van der Waals surface area contributed by atoms with E-state index in [4.69, 9.17) is 0 Å². The maximum absolute atomic E-state index is 13.1. The van der Waals surface area contributed by atoms with Crippen molar-refractivity contribution in [1.29, 1.82) is 0 Å². The highest BCUT2D eigenvalue weighted by Gasteiger charge is 2.29. The lowest BCUT2D eigenvalue weighted by Crippen LogP contribution is -2.20. The van der Waals surface area contributed by atoms with Crippen molar-refractivity contribution in [2.75, 3.05) is 5.32 Å². The summed E-state index contributed by atoms with van der Waals surface area (Å²) in [6, 6.07) is 20.7. The zero-order valence-electron chi connectivity index (χ0n) is 18.3. The molecule has 5 aromatic rings. The molecule has 0 bridgehead atoms. The van der Waals surface area contributed by atoms with Crippen LogP contribution in [0.15, 0.2) is 78.4 Å². The van der Waals surface area contributed by atoms with E-state index in [2.05, 4.69) is 51.9 Å². The van der Waals surface area contributed by atoms with Crippen LogP contribution >= 0.6 is 11.3 Å². The Bertz CT molecular complexity index is 1600. The summed E-state index contributed by atoms with van der Waals surface area (Å²) in [4.78, 5) is 35.9. The van der Waals surface area contributed by atoms with Gasteiger partial charge in [0.25, 0.3) is 0 Å². The summed E-state index contributed by atoms with van der Waals surface area (Å²) < 4.78 is 0. The van der Waals surface area contributed by atoms with Gasteiger partial charge < -0.3 is 5.32 Å². The third-order valence-corrected chi connectivity index (χ3v) is 7.12. The zero-order chi connectivity index (χ0) is 23.2. The van der Waals surface area contributed by atoms with E-state index in [-0.39, 0.29) is 11.6 Å². The summed E-state index contributed by atoms with van der Waals surface area (Å²) in [5.74, 6) is 0.390. The van der Waals surface area contributed by atoms with Gasteiger partial charge in [-0.2, -0.15) is 0 Å². The number of hydrogen-bond donors (Lipinski definition) is 1. The Morgan fingerprint density at radius 3 is 2.24 bits per heavy atom. The number of nitrogens with zero attached hydrogens (tertiary/aromatic N) is 2. The molecule has 0 spiro atoms. The van der Waals surface area contributed by atoms with Crippen LogP contribution in [0.3, 0.4) is 0 Å². The van der Waals surface area contributed by atoms with Gasteiger partial charge in [-0.1, -0.05) is 55.5 Å². The van der Waals surface area contributed by atoms with Crippen molar-refractivity contribution < 1.29 is 9.59 Å². The highest BCUT2D eigenvalue weighted by Crippen LogP contribution is 2.38. The van der Waals surface area contributed by atoms with E-state index in [1.54, 1.807) is 47.7 Å². The number of aromatic nitrogens is 2. The predicted octanol–water partition coefficient (Wildman–Crippen LogP) is 6.44. The molecular formula is C28H19N3O2S. The molecule has 0 saturated carbocycles. The molecule has 164 valence electrons. The monoisotopic (exact) mass is 461 g/mol. The Morgan fingerprint density at radius 1 is 0.794 bits per heavy atom. The van der Waals surface area contributed by atoms with Crippen molar-refractivity contribution in [3.63, 3.8) is 0 Å². The van der Waals surface area contributed by atoms with E-state index in [9.17, 15) is 9.59 Å². The van der Waals surface area contributed by atoms with E-state index in [0.29, 0.717) is 33.8 Å². The van der Waals surface area contributed by atoms with Crippen molar-refractivity contribution >= 4 is 44.6 Å². The number of carbonyl (C=O) groups is 2. The van der Waals surface area contributed by atoms with Gasteiger partial charge in [0.2, 0.25) is 0 Å². The second-order valence-electron chi connectivity index (χ2n) is 8.19. The topological polar surface area (TPSA) is 72.0 Å². The summed E-state index contributed by atoms with van der Waals surface area (Å²) >= 11 is 1.57. The molecule has 0 aliphatic heterocycles. The molecule has 0 unspecified atom stereocenters. The number of thiophene rings is 1. The Kier molecular flexibility index (Phi) is 4.81. The Hall–Kier alpha value is -4.16. The molecule has 2 heterocycles. The molecule has 1 aliphatic rings. The lowest BCUT2D eigenvalue weighted by molar-refractivity contribution is 0.0979. The molecule has 0 atom stereocenters. The van der Waals surface area contributed by atoms with Crippen molar-refractivity contribution in [1.82, 2.24) is 9.97 Å². The van der Waals surface area contributed by atoms with Gasteiger partial charge in [-0.05, 0) is 35.7 Å². The fourth-order valence-electron chi connectivity index (χ4n) is 4.42. The number of carbonyl (C=O) groups excluding carboxylic acids is 2. The van der Waals surface area contributed by atoms with Gasteiger partial charge in [-0.15, -0.1) is 11.3 Å². The van der Waals surface area contributed by atoms with Crippen LogP contribution in [0.25, 0.3) is 21.3 Å². The molecule has 0 radical (unpaired) electrons. The van der Waals surface area contributed by atoms with Gasteiger partial charge in [0.1, 0.15) is 17.0 Å². The van der Waals surface area contributed by atoms with Crippen LogP contribution in [-0.4, -0.2) is 21.5 Å². The normalized spacial score (nSPS) is 12.5. The smallest absolute Gasteiger partial charge is 0.194 e. The second kappa shape index (κ2) is 8.01. The number of rotatable bonds is 4. The van der Waals surface area contributed by atoms with Gasteiger partial charge in [0.15, 0.2) is 11.6 Å². The Balaban J connectivity index is 1.41. The first-order valence-corrected chi connectivity index (χ1v) is 11.9. The van der Waals surface area contributed by atoms with Crippen LogP contribution in [0.4, 0.5) is 11.5 Å². The van der Waals surface area contributed by atoms with Crippen LogP contribution < -0.4 is 5.32 Å². The zero-order valence-corrected chi connectivity index (χ0v) is 19.1. The number of ketones is 2. The van der Waals surface area contributed by atoms with E-state index >= 15 is 0 Å². The van der Waals surface area contributed by atoms with Crippen LogP contribution in [0.5, 0.6) is 0 Å². The second-order valence-corrected chi connectivity index (χ2v) is 9.05. The number of hydrogen-bond acceptors (Lipinski definition) is 6. The third-order valence-electron chi connectivity index (χ3n) is 6.23. The van der Waals surface area contributed by atoms with Crippen LogP contribution in [0.2, 0.25) is 0 Å². The molecular weight excluding hydrogens is 442 g/mol. The number of anilines is 2. The summed E-state index contributed by atoms with van der Waals surface area (Å²) in [7, 11) is 0.